The Bertz CT molecular complexity index is 370. The Hall–Kier alpha value is -1.36. The Kier molecular flexibility index (Phi) is 4.58. The number of aliphatic carboxylic acids is 1. The molecule has 19 heavy (non-hydrogen) atoms. The Morgan fingerprint density at radius 3 is 2.79 bits per heavy atom. The predicted octanol–water partition coefficient (Wildman–Crippen LogP) is 0.864. The van der Waals surface area contributed by atoms with E-state index in [1.807, 2.05) is 0 Å². The van der Waals surface area contributed by atoms with E-state index < -0.39 is 5.97 Å². The third kappa shape index (κ3) is 3.56. The quantitative estimate of drug-likeness (QED) is 0.700. The molecule has 3 saturated heterocycles. The second-order valence-corrected chi connectivity index (χ2v) is 5.53. The lowest BCUT2D eigenvalue weighted by atomic mass is 9.75. The number of piperidine rings is 3. The number of fused-ring (bicyclic) bond motifs is 3. The zero-order valence-corrected chi connectivity index (χ0v) is 11.2. The summed E-state index contributed by atoms with van der Waals surface area (Å²) in [5.74, 6) is 0.200. The first-order valence-electron chi connectivity index (χ1n) is 6.95. The fourth-order valence-electron chi connectivity index (χ4n) is 3.20. The van der Waals surface area contributed by atoms with Crippen LogP contribution in [-0.2, 0) is 9.59 Å². The minimum atomic E-state index is -0.926. The topological polar surface area (TPSA) is 69.6 Å². The molecular weight excluding hydrogens is 244 g/mol. The van der Waals surface area contributed by atoms with Crippen molar-refractivity contribution in [2.24, 2.45) is 11.8 Å². The number of carboxylic acids is 1. The number of nitrogens with one attached hydrogen (secondary N) is 1. The maximum Gasteiger partial charge on any atom is 0.303 e. The molecule has 0 aromatic carbocycles. The van der Waals surface area contributed by atoms with Crippen LogP contribution in [-0.4, -0.2) is 47.6 Å². The molecule has 3 rings (SSSR count). The van der Waals surface area contributed by atoms with Crippen molar-refractivity contribution in [1.82, 2.24) is 10.2 Å². The lowest BCUT2D eigenvalue weighted by molar-refractivity contribution is -0.138. The zero-order valence-electron chi connectivity index (χ0n) is 11.2. The van der Waals surface area contributed by atoms with E-state index in [0.717, 1.165) is 19.5 Å². The smallest absolute Gasteiger partial charge is 0.303 e. The van der Waals surface area contributed by atoms with Crippen LogP contribution >= 0.6 is 0 Å². The molecule has 1 amide bonds. The molecule has 106 valence electrons. The van der Waals surface area contributed by atoms with Gasteiger partial charge in [0.1, 0.15) is 0 Å². The van der Waals surface area contributed by atoms with Crippen molar-refractivity contribution in [2.75, 3.05) is 19.6 Å². The Labute approximate surface area is 113 Å². The van der Waals surface area contributed by atoms with Gasteiger partial charge in [-0.05, 0) is 31.2 Å². The first-order chi connectivity index (χ1) is 9.10. The van der Waals surface area contributed by atoms with Gasteiger partial charge < -0.3 is 10.4 Å². The number of rotatable bonds is 6. The highest BCUT2D eigenvalue weighted by Gasteiger charge is 2.38. The summed E-state index contributed by atoms with van der Waals surface area (Å²) in [7, 11) is 0. The maximum absolute atomic E-state index is 11.5. The Morgan fingerprint density at radius 1 is 1.42 bits per heavy atom. The van der Waals surface area contributed by atoms with Gasteiger partial charge in [-0.2, -0.15) is 0 Å². The van der Waals surface area contributed by atoms with E-state index in [0.29, 0.717) is 24.4 Å². The highest BCUT2D eigenvalue weighted by atomic mass is 16.4. The molecule has 4 unspecified atom stereocenters. The summed E-state index contributed by atoms with van der Waals surface area (Å²) in [6, 6.07) is 0.406. The van der Waals surface area contributed by atoms with Crippen molar-refractivity contribution >= 4 is 11.9 Å². The summed E-state index contributed by atoms with van der Waals surface area (Å²) in [5.41, 5.74) is 0. The van der Waals surface area contributed by atoms with E-state index >= 15 is 0 Å². The van der Waals surface area contributed by atoms with E-state index in [1.165, 1.54) is 6.42 Å². The van der Waals surface area contributed by atoms with Gasteiger partial charge in [-0.3, -0.25) is 14.5 Å². The van der Waals surface area contributed by atoms with E-state index in [4.69, 9.17) is 5.11 Å². The van der Waals surface area contributed by atoms with Gasteiger partial charge in [-0.15, -0.1) is 6.58 Å². The van der Waals surface area contributed by atoms with Gasteiger partial charge in [0.2, 0.25) is 5.91 Å². The van der Waals surface area contributed by atoms with Crippen molar-refractivity contribution in [3.8, 4) is 0 Å². The molecule has 3 aliphatic heterocycles. The van der Waals surface area contributed by atoms with Crippen LogP contribution < -0.4 is 5.32 Å². The maximum atomic E-state index is 11.5. The van der Waals surface area contributed by atoms with Crippen LogP contribution in [0.5, 0.6) is 0 Å². The van der Waals surface area contributed by atoms with Gasteiger partial charge in [0.25, 0.3) is 0 Å². The second kappa shape index (κ2) is 6.19. The van der Waals surface area contributed by atoms with Crippen LogP contribution in [0.1, 0.15) is 25.7 Å². The number of hydrogen-bond donors (Lipinski definition) is 2. The standard InChI is InChI=1S/C14H22N2O3/c1-2-10-9-16-6-5-11(10)7-12(16)8-15-13(17)3-4-14(18)19/h2,10-12H,1,3-9H2,(H,15,17)(H,18,19). The lowest BCUT2D eigenvalue weighted by Crippen LogP contribution is -2.56. The molecule has 5 heteroatoms. The van der Waals surface area contributed by atoms with Gasteiger partial charge in [-0.25, -0.2) is 0 Å². The van der Waals surface area contributed by atoms with Gasteiger partial charge in [0.15, 0.2) is 0 Å². The van der Waals surface area contributed by atoms with Crippen molar-refractivity contribution < 1.29 is 14.7 Å². The lowest BCUT2D eigenvalue weighted by Gasteiger charge is -2.49. The number of nitrogens with zero attached hydrogens (tertiary/aromatic N) is 1. The molecule has 0 aromatic heterocycles. The summed E-state index contributed by atoms with van der Waals surface area (Å²) < 4.78 is 0. The monoisotopic (exact) mass is 266 g/mol. The molecule has 0 spiro atoms. The summed E-state index contributed by atoms with van der Waals surface area (Å²) in [4.78, 5) is 24.3. The summed E-state index contributed by atoms with van der Waals surface area (Å²) in [5, 5.41) is 11.4. The number of carbonyl (C=O) groups is 2. The molecule has 3 fully saturated rings. The average Bonchev–Trinajstić information content (AvgIpc) is 2.43. The molecule has 3 aliphatic rings. The highest BCUT2D eigenvalue weighted by Crippen LogP contribution is 2.36. The number of carboxylic acid groups (broad SMARTS) is 1. The Balaban J connectivity index is 1.74. The van der Waals surface area contributed by atoms with Gasteiger partial charge in [0.05, 0.1) is 6.42 Å². The van der Waals surface area contributed by atoms with E-state index in [-0.39, 0.29) is 18.7 Å². The molecule has 2 bridgehead atoms. The highest BCUT2D eigenvalue weighted by molar-refractivity contribution is 5.80. The van der Waals surface area contributed by atoms with E-state index in [2.05, 4.69) is 22.9 Å². The predicted molar refractivity (Wildman–Crippen MR) is 71.7 cm³/mol. The first-order valence-corrected chi connectivity index (χ1v) is 6.95. The Morgan fingerprint density at radius 2 is 2.21 bits per heavy atom. The average molecular weight is 266 g/mol. The van der Waals surface area contributed by atoms with Crippen LogP contribution in [0.4, 0.5) is 0 Å². The molecule has 0 aliphatic carbocycles. The summed E-state index contributed by atoms with van der Waals surface area (Å²) >= 11 is 0. The normalized spacial score (nSPS) is 32.8. The van der Waals surface area contributed by atoms with Gasteiger partial charge in [0, 0.05) is 25.6 Å². The van der Waals surface area contributed by atoms with Crippen LogP contribution in [0.25, 0.3) is 0 Å². The minimum Gasteiger partial charge on any atom is -0.481 e. The number of amides is 1. The molecular formula is C14H22N2O3. The fourth-order valence-corrected chi connectivity index (χ4v) is 3.20. The molecule has 0 radical (unpaired) electrons. The molecule has 3 heterocycles. The van der Waals surface area contributed by atoms with Crippen LogP contribution in [0.15, 0.2) is 12.7 Å². The third-order valence-corrected chi connectivity index (χ3v) is 4.33. The summed E-state index contributed by atoms with van der Waals surface area (Å²) in [6.45, 7) is 6.68. The molecule has 4 atom stereocenters. The summed E-state index contributed by atoms with van der Waals surface area (Å²) in [6.07, 6.45) is 4.36. The van der Waals surface area contributed by atoms with Crippen LogP contribution in [0.3, 0.4) is 0 Å². The fraction of sp³-hybridized carbons (Fsp3) is 0.714. The van der Waals surface area contributed by atoms with Crippen molar-refractivity contribution in [3.05, 3.63) is 12.7 Å². The molecule has 0 aromatic rings. The molecule has 2 N–H and O–H groups in total. The molecule has 0 saturated carbocycles. The minimum absolute atomic E-state index is 0.0702. The van der Waals surface area contributed by atoms with Gasteiger partial charge in [-0.1, -0.05) is 6.08 Å². The van der Waals surface area contributed by atoms with E-state index in [1.54, 1.807) is 0 Å². The van der Waals surface area contributed by atoms with Crippen molar-refractivity contribution in [2.45, 2.75) is 31.7 Å². The largest absolute Gasteiger partial charge is 0.481 e. The van der Waals surface area contributed by atoms with Crippen molar-refractivity contribution in [3.63, 3.8) is 0 Å². The third-order valence-electron chi connectivity index (χ3n) is 4.33. The van der Waals surface area contributed by atoms with Gasteiger partial charge >= 0.3 is 5.97 Å². The molecule has 5 nitrogen and oxygen atoms in total. The van der Waals surface area contributed by atoms with Crippen LogP contribution in [0.2, 0.25) is 0 Å². The van der Waals surface area contributed by atoms with Crippen LogP contribution in [0, 0.1) is 11.8 Å². The first kappa shape index (κ1) is 14.1. The zero-order chi connectivity index (χ0) is 13.8. The SMILES string of the molecule is C=CC1CN2CCC1CC2CNC(=O)CCC(=O)O. The van der Waals surface area contributed by atoms with E-state index in [9.17, 15) is 9.59 Å². The number of carbonyl (C=O) groups excluding carboxylic acids is 1. The number of hydrogen-bond acceptors (Lipinski definition) is 3. The second-order valence-electron chi connectivity index (χ2n) is 5.53. The van der Waals surface area contributed by atoms with Crippen molar-refractivity contribution in [1.29, 1.82) is 0 Å².